The van der Waals surface area contributed by atoms with E-state index >= 15 is 0 Å². The lowest BCUT2D eigenvalue weighted by Gasteiger charge is -1.73. The van der Waals surface area contributed by atoms with E-state index in [0.717, 1.165) is 11.6 Å². The predicted molar refractivity (Wildman–Crippen MR) is 29.4 cm³/mol. The molecule has 0 unspecified atom stereocenters. The highest BCUT2D eigenvalue weighted by Crippen LogP contribution is 1.86. The van der Waals surface area contributed by atoms with Crippen molar-refractivity contribution in [3.05, 3.63) is 12.0 Å². The van der Waals surface area contributed by atoms with E-state index in [9.17, 15) is 0 Å². The highest BCUT2D eigenvalue weighted by atomic mass is 16.3. The van der Waals surface area contributed by atoms with E-state index in [4.69, 9.17) is 4.42 Å². The van der Waals surface area contributed by atoms with Gasteiger partial charge in [0, 0.05) is 0 Å². The lowest BCUT2D eigenvalue weighted by atomic mass is 10.2. The fourth-order valence-electron chi connectivity index (χ4n) is 0.467. The summed E-state index contributed by atoms with van der Waals surface area (Å²) in [5.74, 6) is 1.61. The van der Waals surface area contributed by atoms with Crippen molar-refractivity contribution in [2.24, 2.45) is 0 Å². The average Bonchev–Trinajstić information content (AvgIpc) is 1.87. The van der Waals surface area contributed by atoms with Crippen molar-refractivity contribution in [3.63, 3.8) is 0 Å². The molecule has 0 atom stereocenters. The number of aryl methyl sites for hydroxylation is 1. The SMILES string of the molecule is Bc1ncc(C)o1. The summed E-state index contributed by atoms with van der Waals surface area (Å²) in [5, 5.41) is 0. The number of rotatable bonds is 0. The second-order valence-corrected chi connectivity index (χ2v) is 1.49. The second-order valence-electron chi connectivity index (χ2n) is 1.49. The Labute approximate surface area is 43.0 Å². The first-order chi connectivity index (χ1) is 3.29. The van der Waals surface area contributed by atoms with Gasteiger partial charge in [0.2, 0.25) is 7.85 Å². The Hall–Kier alpha value is -0.725. The number of hydrogen-bond acceptors (Lipinski definition) is 2. The molecule has 1 heterocycles. The molecule has 1 aromatic rings. The van der Waals surface area contributed by atoms with Gasteiger partial charge in [-0.2, -0.15) is 0 Å². The second kappa shape index (κ2) is 1.41. The van der Waals surface area contributed by atoms with Crippen molar-refractivity contribution >= 4 is 13.6 Å². The number of hydrogen-bond donors (Lipinski definition) is 0. The summed E-state index contributed by atoms with van der Waals surface area (Å²) >= 11 is 0. The Kier molecular flexibility index (Phi) is 0.892. The quantitative estimate of drug-likeness (QED) is 0.396. The number of aromatic nitrogens is 1. The molecule has 0 aliphatic heterocycles. The molecular formula is C4H6BNO. The summed E-state index contributed by atoms with van der Waals surface area (Å²) in [6.45, 7) is 1.88. The molecule has 36 valence electrons. The monoisotopic (exact) mass is 95.1 g/mol. The summed E-state index contributed by atoms with van der Waals surface area (Å²) < 4.78 is 4.97. The average molecular weight is 94.9 g/mol. The van der Waals surface area contributed by atoms with Crippen LogP contribution in [0.15, 0.2) is 10.6 Å². The van der Waals surface area contributed by atoms with Gasteiger partial charge in [0.05, 0.1) is 6.20 Å². The van der Waals surface area contributed by atoms with Crippen LogP contribution < -0.4 is 5.79 Å². The summed E-state index contributed by atoms with van der Waals surface area (Å²) in [7, 11) is 1.83. The fourth-order valence-corrected chi connectivity index (χ4v) is 0.467. The Bertz CT molecular complexity index is 144. The molecule has 3 heteroatoms. The van der Waals surface area contributed by atoms with Gasteiger partial charge in [0.1, 0.15) is 11.6 Å². The minimum atomic E-state index is 0.734. The predicted octanol–water partition coefficient (Wildman–Crippen LogP) is -0.759. The van der Waals surface area contributed by atoms with Crippen LogP contribution in [-0.4, -0.2) is 12.8 Å². The van der Waals surface area contributed by atoms with Crippen molar-refractivity contribution in [2.75, 3.05) is 0 Å². The van der Waals surface area contributed by atoms with Gasteiger partial charge in [-0.05, 0) is 6.92 Å². The Morgan fingerprint density at radius 1 is 1.86 bits per heavy atom. The normalized spacial score (nSPS) is 9.29. The minimum absolute atomic E-state index is 0.734. The van der Waals surface area contributed by atoms with E-state index in [0.29, 0.717) is 0 Å². The molecule has 0 spiro atoms. The molecule has 1 aromatic heterocycles. The number of nitrogens with zero attached hydrogens (tertiary/aromatic N) is 1. The third-order valence-corrected chi connectivity index (χ3v) is 0.737. The first-order valence-electron chi connectivity index (χ1n) is 2.18. The largest absolute Gasteiger partial charge is 0.457 e. The highest BCUT2D eigenvalue weighted by molar-refractivity contribution is 6.28. The van der Waals surface area contributed by atoms with Gasteiger partial charge in [-0.1, -0.05) is 0 Å². The molecule has 0 aliphatic rings. The Balaban J connectivity index is 3.04. The lowest BCUT2D eigenvalue weighted by molar-refractivity contribution is 0.562. The third kappa shape index (κ3) is 0.826. The van der Waals surface area contributed by atoms with Crippen LogP contribution in [-0.2, 0) is 0 Å². The molecule has 0 radical (unpaired) electrons. The first-order valence-corrected chi connectivity index (χ1v) is 2.18. The van der Waals surface area contributed by atoms with E-state index in [1.54, 1.807) is 6.20 Å². The topological polar surface area (TPSA) is 26.0 Å². The number of oxazole rings is 1. The van der Waals surface area contributed by atoms with E-state index in [1.807, 2.05) is 14.8 Å². The summed E-state index contributed by atoms with van der Waals surface area (Å²) in [5.41, 5.74) is 0. The van der Waals surface area contributed by atoms with Crippen LogP contribution in [0.1, 0.15) is 5.76 Å². The summed E-state index contributed by atoms with van der Waals surface area (Å²) in [6.07, 6.45) is 1.70. The van der Waals surface area contributed by atoms with Gasteiger partial charge in [0.15, 0.2) is 0 Å². The Morgan fingerprint density at radius 3 is 2.71 bits per heavy atom. The Morgan fingerprint density at radius 2 is 2.57 bits per heavy atom. The molecule has 1 rings (SSSR count). The third-order valence-electron chi connectivity index (χ3n) is 0.737. The van der Waals surface area contributed by atoms with E-state index in [2.05, 4.69) is 4.98 Å². The van der Waals surface area contributed by atoms with E-state index < -0.39 is 0 Å². The molecule has 7 heavy (non-hydrogen) atoms. The molecule has 2 nitrogen and oxygen atoms in total. The molecule has 0 fully saturated rings. The molecule has 0 saturated carbocycles. The summed E-state index contributed by atoms with van der Waals surface area (Å²) in [6, 6.07) is 0. The van der Waals surface area contributed by atoms with Gasteiger partial charge >= 0.3 is 0 Å². The van der Waals surface area contributed by atoms with Crippen molar-refractivity contribution in [3.8, 4) is 0 Å². The molecule has 0 N–H and O–H groups in total. The van der Waals surface area contributed by atoms with Gasteiger partial charge in [-0.25, -0.2) is 4.98 Å². The van der Waals surface area contributed by atoms with Crippen LogP contribution in [0.4, 0.5) is 0 Å². The van der Waals surface area contributed by atoms with Gasteiger partial charge in [0.25, 0.3) is 0 Å². The van der Waals surface area contributed by atoms with Crippen LogP contribution in [0, 0.1) is 6.92 Å². The van der Waals surface area contributed by atoms with Crippen LogP contribution in [0.2, 0.25) is 0 Å². The molecule has 0 aliphatic carbocycles. The van der Waals surface area contributed by atoms with Crippen molar-refractivity contribution in [2.45, 2.75) is 6.92 Å². The molecule has 0 saturated heterocycles. The molecule has 0 amide bonds. The molecule has 0 bridgehead atoms. The molecular weight excluding hydrogens is 88.9 g/mol. The fraction of sp³-hybridized carbons (Fsp3) is 0.250. The molecule has 0 aromatic carbocycles. The first kappa shape index (κ1) is 4.43. The zero-order valence-electron chi connectivity index (χ0n) is 4.43. The highest BCUT2D eigenvalue weighted by Gasteiger charge is 1.87. The van der Waals surface area contributed by atoms with Crippen molar-refractivity contribution in [1.82, 2.24) is 4.98 Å². The lowest BCUT2D eigenvalue weighted by Crippen LogP contribution is -1.99. The zero-order chi connectivity index (χ0) is 5.28. The maximum atomic E-state index is 4.97. The maximum Gasteiger partial charge on any atom is 0.212 e. The summed E-state index contributed by atoms with van der Waals surface area (Å²) in [4.78, 5) is 3.85. The van der Waals surface area contributed by atoms with Crippen LogP contribution >= 0.6 is 0 Å². The van der Waals surface area contributed by atoms with Gasteiger partial charge < -0.3 is 4.42 Å². The van der Waals surface area contributed by atoms with Gasteiger partial charge in [-0.3, -0.25) is 0 Å². The van der Waals surface area contributed by atoms with Gasteiger partial charge in [-0.15, -0.1) is 0 Å². The minimum Gasteiger partial charge on any atom is -0.457 e. The van der Waals surface area contributed by atoms with Crippen molar-refractivity contribution in [1.29, 1.82) is 0 Å². The zero-order valence-corrected chi connectivity index (χ0v) is 4.43. The van der Waals surface area contributed by atoms with E-state index in [-0.39, 0.29) is 0 Å². The van der Waals surface area contributed by atoms with Crippen LogP contribution in [0.3, 0.4) is 0 Å². The van der Waals surface area contributed by atoms with Crippen molar-refractivity contribution < 1.29 is 4.42 Å². The standard InChI is InChI=1S/C4H6BNO/c1-3-2-6-4(5)7-3/h2H,5H2,1H3. The smallest absolute Gasteiger partial charge is 0.212 e. The van der Waals surface area contributed by atoms with E-state index in [1.165, 1.54) is 0 Å². The maximum absolute atomic E-state index is 4.97. The van der Waals surface area contributed by atoms with Crippen LogP contribution in [0.25, 0.3) is 0 Å². The van der Waals surface area contributed by atoms with Crippen LogP contribution in [0.5, 0.6) is 0 Å².